The van der Waals surface area contributed by atoms with Crippen molar-refractivity contribution in [1.29, 1.82) is 0 Å². The van der Waals surface area contributed by atoms with Gasteiger partial charge in [0.1, 0.15) is 22.6 Å². The zero-order chi connectivity index (χ0) is 31.7. The smallest absolute Gasteiger partial charge is 0.164 e. The molecule has 7 aromatic rings. The average Bonchev–Trinajstić information content (AvgIpc) is 3.85. The number of aromatic amines is 2. The van der Waals surface area contributed by atoms with Gasteiger partial charge in [-0.3, -0.25) is 0 Å². The Bertz CT molecular complexity index is 2130. The largest absolute Gasteiger partial charge is 0.324 e. The van der Waals surface area contributed by atoms with Crippen LogP contribution in [0, 0.1) is 0 Å². The normalized spacial score (nSPS) is 11.6. The SMILES string of the molecule is CCCCN[O][V].c1ccc2c(c1)-c1nc-2nc2[nH]c(nc3nc(nc4[nH]c(n1)c1ccccc41)-c1ccccc1-3)c1ccccc21. The summed E-state index contributed by atoms with van der Waals surface area (Å²) < 4.78 is 4.53. The number of nitrogens with one attached hydrogen (secondary N) is 3. The summed E-state index contributed by atoms with van der Waals surface area (Å²) in [4.78, 5) is 36.8. The molecule has 228 valence electrons. The number of nitrogens with zero attached hydrogens (tertiary/aromatic N) is 6. The molecular weight excluding hydrogens is 625 g/mol. The summed E-state index contributed by atoms with van der Waals surface area (Å²) in [6, 6.07) is 32.2. The van der Waals surface area contributed by atoms with Crippen molar-refractivity contribution in [3.8, 4) is 45.6 Å². The van der Waals surface area contributed by atoms with Crippen molar-refractivity contribution in [1.82, 2.24) is 45.4 Å². The molecule has 0 amide bonds. The van der Waals surface area contributed by atoms with Crippen LogP contribution in [-0.4, -0.2) is 46.4 Å². The molecular formula is C36H28N9OV. The van der Waals surface area contributed by atoms with Gasteiger partial charge in [0, 0.05) is 43.8 Å². The summed E-state index contributed by atoms with van der Waals surface area (Å²) in [6.07, 6.45) is 2.39. The molecule has 3 N–H and O–H groups in total. The molecule has 2 aliphatic rings. The van der Waals surface area contributed by atoms with E-state index in [1.807, 2.05) is 115 Å². The van der Waals surface area contributed by atoms with Crippen LogP contribution in [0.4, 0.5) is 0 Å². The predicted octanol–water partition coefficient (Wildman–Crippen LogP) is 7.64. The van der Waals surface area contributed by atoms with Crippen molar-refractivity contribution in [2.45, 2.75) is 19.8 Å². The number of H-pyrrole nitrogens is 2. The van der Waals surface area contributed by atoms with Crippen molar-refractivity contribution in [2.24, 2.45) is 0 Å². The molecule has 8 bridgehead atoms. The molecule has 0 radical (unpaired) electrons. The van der Waals surface area contributed by atoms with Crippen LogP contribution < -0.4 is 5.48 Å². The molecule has 0 aliphatic carbocycles. The second kappa shape index (κ2) is 12.5. The van der Waals surface area contributed by atoms with Crippen LogP contribution in [0.25, 0.3) is 89.7 Å². The number of rotatable bonds is 4. The fourth-order valence-corrected chi connectivity index (χ4v) is 6.03. The van der Waals surface area contributed by atoms with E-state index in [-0.39, 0.29) is 0 Å². The molecule has 5 heterocycles. The molecule has 0 saturated heterocycles. The monoisotopic (exact) mass is 653 g/mol. The first kappa shape index (κ1) is 29.2. The van der Waals surface area contributed by atoms with E-state index in [1.165, 1.54) is 12.8 Å². The maximum Gasteiger partial charge on any atom is 0.164 e. The third-order valence-corrected chi connectivity index (χ3v) is 8.36. The van der Waals surface area contributed by atoms with Crippen LogP contribution >= 0.6 is 0 Å². The van der Waals surface area contributed by atoms with E-state index in [0.29, 0.717) is 45.9 Å². The van der Waals surface area contributed by atoms with Gasteiger partial charge in [-0.25, -0.2) is 29.9 Å². The van der Waals surface area contributed by atoms with Gasteiger partial charge >= 0.3 is 53.3 Å². The Balaban J connectivity index is 0.000000420. The van der Waals surface area contributed by atoms with Crippen molar-refractivity contribution in [3.63, 3.8) is 0 Å². The van der Waals surface area contributed by atoms with Gasteiger partial charge in [-0.1, -0.05) is 97.1 Å². The van der Waals surface area contributed by atoms with Gasteiger partial charge in [0.2, 0.25) is 0 Å². The van der Waals surface area contributed by atoms with E-state index in [9.17, 15) is 0 Å². The Labute approximate surface area is 279 Å². The molecule has 0 fully saturated rings. The summed E-state index contributed by atoms with van der Waals surface area (Å²) >= 11 is 2.01. The Morgan fingerprint density at radius 2 is 0.830 bits per heavy atom. The quantitative estimate of drug-likeness (QED) is 0.131. The third kappa shape index (κ3) is 5.37. The van der Waals surface area contributed by atoms with Crippen LogP contribution in [0.3, 0.4) is 0 Å². The minimum Gasteiger partial charge on any atom is -0.324 e. The van der Waals surface area contributed by atoms with Crippen LogP contribution in [-0.2, 0) is 21.5 Å². The first-order chi connectivity index (χ1) is 23.2. The van der Waals surface area contributed by atoms with E-state index in [0.717, 1.165) is 50.3 Å². The number of fused-ring (bicyclic) bond motifs is 20. The second-order valence-corrected chi connectivity index (χ2v) is 11.4. The predicted molar refractivity (Wildman–Crippen MR) is 180 cm³/mol. The minimum absolute atomic E-state index is 0.597. The van der Waals surface area contributed by atoms with E-state index < -0.39 is 0 Å². The first-order valence-electron chi connectivity index (χ1n) is 15.4. The molecule has 3 aromatic heterocycles. The van der Waals surface area contributed by atoms with E-state index in [4.69, 9.17) is 29.9 Å². The van der Waals surface area contributed by atoms with Crippen molar-refractivity contribution in [3.05, 3.63) is 97.1 Å². The Morgan fingerprint density at radius 1 is 0.511 bits per heavy atom. The third-order valence-electron chi connectivity index (χ3n) is 8.16. The van der Waals surface area contributed by atoms with Crippen LogP contribution in [0.2, 0.25) is 0 Å². The number of hydrogen-bond donors (Lipinski definition) is 3. The number of benzene rings is 4. The summed E-state index contributed by atoms with van der Waals surface area (Å²) in [5.41, 5.74) is 9.17. The molecule has 0 unspecified atom stereocenters. The zero-order valence-electron chi connectivity index (χ0n) is 25.4. The molecule has 9 rings (SSSR count). The standard InChI is InChI=1S/C32H18N8.C4H10NO.V/c1-2-10-18-17(9-1)25-33-26(18)38-28-21-13-5-6-14-22(21)30(35-28)40-32-24-16-8-7-15-23(24)31(36-32)39-29-20-12-4-3-11-19(20)27(34-29)37-25;1-2-3-4-5-6;/h1-16H,(H2,33,34,35,36,37,38,39,40);5H,2-4H2,1H3;/q;-1;+1. The van der Waals surface area contributed by atoms with E-state index in [1.54, 1.807) is 0 Å². The average molecular weight is 654 g/mol. The molecule has 2 aliphatic heterocycles. The van der Waals surface area contributed by atoms with Gasteiger partial charge in [-0.15, -0.1) is 0 Å². The van der Waals surface area contributed by atoms with Gasteiger partial charge in [0.25, 0.3) is 0 Å². The number of aromatic nitrogens is 8. The molecule has 0 atom stereocenters. The molecule has 10 nitrogen and oxygen atoms in total. The van der Waals surface area contributed by atoms with Gasteiger partial charge in [-0.2, -0.15) is 0 Å². The van der Waals surface area contributed by atoms with Gasteiger partial charge in [0.15, 0.2) is 23.3 Å². The second-order valence-electron chi connectivity index (χ2n) is 11.1. The van der Waals surface area contributed by atoms with Gasteiger partial charge in [0.05, 0.1) is 0 Å². The van der Waals surface area contributed by atoms with Crippen molar-refractivity contribution < 1.29 is 21.5 Å². The Kier molecular flexibility index (Phi) is 7.76. The fourth-order valence-electron chi connectivity index (χ4n) is 5.89. The minimum atomic E-state index is 0.597. The Morgan fingerprint density at radius 3 is 1.13 bits per heavy atom. The Hall–Kier alpha value is -5.26. The van der Waals surface area contributed by atoms with E-state index >= 15 is 0 Å². The maximum absolute atomic E-state index is 5.02. The summed E-state index contributed by atoms with van der Waals surface area (Å²) in [7, 11) is 0. The number of hydrogen-bond acceptors (Lipinski definition) is 8. The van der Waals surface area contributed by atoms with Gasteiger partial charge < -0.3 is 9.97 Å². The van der Waals surface area contributed by atoms with Gasteiger partial charge in [-0.05, 0) is 0 Å². The van der Waals surface area contributed by atoms with Crippen LogP contribution in [0.5, 0.6) is 0 Å². The molecule has 0 saturated carbocycles. The zero-order valence-corrected chi connectivity index (χ0v) is 26.8. The van der Waals surface area contributed by atoms with Crippen molar-refractivity contribution in [2.75, 3.05) is 6.54 Å². The summed E-state index contributed by atoms with van der Waals surface area (Å²) in [6.45, 7) is 3.09. The van der Waals surface area contributed by atoms with Crippen LogP contribution in [0.1, 0.15) is 19.8 Å². The summed E-state index contributed by atoms with van der Waals surface area (Å²) in [5.74, 6) is 2.39. The molecule has 11 heteroatoms. The topological polar surface area (TPSA) is 130 Å². The number of unbranched alkanes of at least 4 members (excludes halogenated alkanes) is 1. The fraction of sp³-hybridized carbons (Fsp3) is 0.111. The summed E-state index contributed by atoms with van der Waals surface area (Å²) in [5, 5.41) is 3.82. The van der Waals surface area contributed by atoms with Crippen LogP contribution in [0.15, 0.2) is 97.1 Å². The molecule has 4 aromatic carbocycles. The first-order valence-corrected chi connectivity index (χ1v) is 16.0. The molecule has 47 heavy (non-hydrogen) atoms. The molecule has 0 spiro atoms. The maximum atomic E-state index is 5.02. The van der Waals surface area contributed by atoms with Crippen molar-refractivity contribution >= 4 is 44.1 Å². The number of hydroxylamine groups is 1. The van der Waals surface area contributed by atoms with E-state index in [2.05, 4.69) is 26.1 Å².